The molecule has 1 amide bonds. The van der Waals surface area contributed by atoms with Gasteiger partial charge in [0.15, 0.2) is 0 Å². The Labute approximate surface area is 134 Å². The van der Waals surface area contributed by atoms with Crippen LogP contribution in [0.3, 0.4) is 0 Å². The second-order valence-corrected chi connectivity index (χ2v) is 6.76. The van der Waals surface area contributed by atoms with Gasteiger partial charge >= 0.3 is 5.63 Å². The third-order valence-corrected chi connectivity index (χ3v) is 5.49. The van der Waals surface area contributed by atoms with Crippen molar-refractivity contribution in [2.24, 2.45) is 17.6 Å². The Morgan fingerprint density at radius 1 is 1.26 bits per heavy atom. The van der Waals surface area contributed by atoms with E-state index in [0.717, 1.165) is 18.2 Å². The molecule has 5 nitrogen and oxygen atoms in total. The van der Waals surface area contributed by atoms with E-state index in [0.29, 0.717) is 36.1 Å². The molecular formula is C18H20N2O3. The van der Waals surface area contributed by atoms with Crippen LogP contribution in [0.4, 0.5) is 0 Å². The van der Waals surface area contributed by atoms with Crippen LogP contribution in [0.25, 0.3) is 11.0 Å². The average molecular weight is 312 g/mol. The van der Waals surface area contributed by atoms with E-state index in [1.54, 1.807) is 11.0 Å². The van der Waals surface area contributed by atoms with Crippen molar-refractivity contribution >= 4 is 16.9 Å². The molecule has 2 heterocycles. The zero-order valence-corrected chi connectivity index (χ0v) is 13.1. The van der Waals surface area contributed by atoms with Gasteiger partial charge in [-0.05, 0) is 43.2 Å². The predicted octanol–water partition coefficient (Wildman–Crippen LogP) is 1.91. The minimum atomic E-state index is -0.549. The van der Waals surface area contributed by atoms with Gasteiger partial charge in [0.2, 0.25) is 0 Å². The number of aryl methyl sites for hydroxylation is 1. The molecule has 2 N–H and O–H groups in total. The highest BCUT2D eigenvalue weighted by atomic mass is 16.4. The smallest absolute Gasteiger partial charge is 0.349 e. The number of likely N-dealkylation sites (tertiary alicyclic amines) is 1. The van der Waals surface area contributed by atoms with Crippen LogP contribution in [-0.2, 0) is 0 Å². The lowest BCUT2D eigenvalue weighted by Crippen LogP contribution is -2.36. The first-order valence-electron chi connectivity index (χ1n) is 8.13. The summed E-state index contributed by atoms with van der Waals surface area (Å²) in [5, 5.41) is 0.812. The van der Waals surface area contributed by atoms with Gasteiger partial charge in [0, 0.05) is 24.5 Å². The number of carbonyl (C=O) groups is 1. The predicted molar refractivity (Wildman–Crippen MR) is 87.3 cm³/mol. The summed E-state index contributed by atoms with van der Waals surface area (Å²) in [7, 11) is 0. The molecule has 2 fully saturated rings. The van der Waals surface area contributed by atoms with Gasteiger partial charge < -0.3 is 15.1 Å². The molecule has 5 heteroatoms. The Bertz CT molecular complexity index is 842. The molecule has 0 spiro atoms. The van der Waals surface area contributed by atoms with E-state index in [9.17, 15) is 9.59 Å². The van der Waals surface area contributed by atoms with Gasteiger partial charge in [-0.2, -0.15) is 0 Å². The molecule has 3 atom stereocenters. The highest BCUT2D eigenvalue weighted by Gasteiger charge is 2.43. The number of hydrogen-bond donors (Lipinski definition) is 1. The van der Waals surface area contributed by atoms with Crippen molar-refractivity contribution in [2.75, 3.05) is 13.1 Å². The lowest BCUT2D eigenvalue weighted by atomic mass is 9.98. The second-order valence-electron chi connectivity index (χ2n) is 6.76. The Morgan fingerprint density at radius 3 is 2.83 bits per heavy atom. The highest BCUT2D eigenvalue weighted by molar-refractivity contribution is 5.99. The second kappa shape index (κ2) is 5.20. The fraction of sp³-hybridized carbons (Fsp3) is 0.444. The number of hydrogen-bond acceptors (Lipinski definition) is 4. The zero-order valence-electron chi connectivity index (χ0n) is 13.1. The maximum Gasteiger partial charge on any atom is 0.349 e. The Kier molecular flexibility index (Phi) is 3.27. The summed E-state index contributed by atoms with van der Waals surface area (Å²) in [5.41, 5.74) is 6.97. The van der Waals surface area contributed by atoms with Crippen molar-refractivity contribution in [1.29, 1.82) is 0 Å². The average Bonchev–Trinajstić information content (AvgIpc) is 3.10. The molecule has 23 heavy (non-hydrogen) atoms. The SMILES string of the molecule is Cc1c(C(=O)N2CC3CCC(N)C3C2)c(=O)oc2ccccc12. The molecule has 120 valence electrons. The van der Waals surface area contributed by atoms with Crippen LogP contribution in [-0.4, -0.2) is 29.9 Å². The highest BCUT2D eigenvalue weighted by Crippen LogP contribution is 2.37. The van der Waals surface area contributed by atoms with E-state index in [4.69, 9.17) is 10.2 Å². The number of nitrogens with zero attached hydrogens (tertiary/aromatic N) is 1. The number of fused-ring (bicyclic) bond motifs is 2. The number of amides is 1. The largest absolute Gasteiger partial charge is 0.422 e. The number of benzene rings is 1. The van der Waals surface area contributed by atoms with Gasteiger partial charge in [0.05, 0.1) is 0 Å². The van der Waals surface area contributed by atoms with Crippen molar-refractivity contribution < 1.29 is 9.21 Å². The molecule has 1 aromatic carbocycles. The molecular weight excluding hydrogens is 292 g/mol. The number of para-hydroxylation sites is 1. The van der Waals surface area contributed by atoms with Gasteiger partial charge in [-0.25, -0.2) is 4.79 Å². The van der Waals surface area contributed by atoms with Crippen LogP contribution < -0.4 is 11.4 Å². The molecule has 2 aromatic rings. The molecule has 0 bridgehead atoms. The minimum Gasteiger partial charge on any atom is -0.422 e. The summed E-state index contributed by atoms with van der Waals surface area (Å²) in [6, 6.07) is 7.49. The number of rotatable bonds is 1. The first-order chi connectivity index (χ1) is 11.1. The van der Waals surface area contributed by atoms with Crippen molar-refractivity contribution in [3.63, 3.8) is 0 Å². The minimum absolute atomic E-state index is 0.164. The van der Waals surface area contributed by atoms with Gasteiger partial charge in [-0.3, -0.25) is 4.79 Å². The lowest BCUT2D eigenvalue weighted by molar-refractivity contribution is 0.0775. The van der Waals surface area contributed by atoms with Crippen LogP contribution in [0.1, 0.15) is 28.8 Å². The lowest BCUT2D eigenvalue weighted by Gasteiger charge is -2.19. The first-order valence-corrected chi connectivity index (χ1v) is 8.13. The fourth-order valence-corrected chi connectivity index (χ4v) is 4.18. The van der Waals surface area contributed by atoms with Crippen LogP contribution in [0, 0.1) is 18.8 Å². The van der Waals surface area contributed by atoms with Crippen LogP contribution in [0.15, 0.2) is 33.5 Å². The van der Waals surface area contributed by atoms with E-state index in [1.165, 1.54) is 0 Å². The standard InChI is InChI=1S/C18H20N2O3/c1-10-12-4-2-3-5-15(12)23-18(22)16(10)17(21)20-8-11-6-7-14(19)13(11)9-20/h2-5,11,13-14H,6-9,19H2,1H3. The van der Waals surface area contributed by atoms with Crippen molar-refractivity contribution in [3.8, 4) is 0 Å². The normalized spacial score (nSPS) is 26.7. The van der Waals surface area contributed by atoms with Crippen molar-refractivity contribution in [1.82, 2.24) is 4.90 Å². The van der Waals surface area contributed by atoms with Crippen LogP contribution >= 0.6 is 0 Å². The van der Waals surface area contributed by atoms with Crippen LogP contribution in [0.2, 0.25) is 0 Å². The Balaban J connectivity index is 1.72. The number of nitrogens with two attached hydrogens (primary N) is 1. The van der Waals surface area contributed by atoms with Crippen LogP contribution in [0.5, 0.6) is 0 Å². The van der Waals surface area contributed by atoms with E-state index in [2.05, 4.69) is 0 Å². The molecule has 3 unspecified atom stereocenters. The summed E-state index contributed by atoms with van der Waals surface area (Å²) < 4.78 is 5.34. The third-order valence-electron chi connectivity index (χ3n) is 5.49. The summed E-state index contributed by atoms with van der Waals surface area (Å²) in [5.74, 6) is 0.622. The molecule has 1 aliphatic heterocycles. The molecule has 1 saturated carbocycles. The Hall–Kier alpha value is -2.14. The Morgan fingerprint density at radius 2 is 2.04 bits per heavy atom. The summed E-state index contributed by atoms with van der Waals surface area (Å²) in [6.07, 6.45) is 2.11. The molecule has 4 rings (SSSR count). The quantitative estimate of drug-likeness (QED) is 0.816. The maximum absolute atomic E-state index is 12.9. The monoisotopic (exact) mass is 312 g/mol. The third kappa shape index (κ3) is 2.18. The van der Waals surface area contributed by atoms with Gasteiger partial charge in [-0.15, -0.1) is 0 Å². The molecule has 2 aliphatic rings. The van der Waals surface area contributed by atoms with Gasteiger partial charge in [0.25, 0.3) is 5.91 Å². The van der Waals surface area contributed by atoms with Gasteiger partial charge in [-0.1, -0.05) is 18.2 Å². The van der Waals surface area contributed by atoms with E-state index < -0.39 is 5.63 Å². The van der Waals surface area contributed by atoms with E-state index in [1.807, 2.05) is 25.1 Å². The number of carbonyl (C=O) groups excluding carboxylic acids is 1. The molecule has 1 aliphatic carbocycles. The zero-order chi connectivity index (χ0) is 16.1. The van der Waals surface area contributed by atoms with Crippen molar-refractivity contribution in [3.05, 3.63) is 45.8 Å². The van der Waals surface area contributed by atoms with Crippen molar-refractivity contribution in [2.45, 2.75) is 25.8 Å². The first kappa shape index (κ1) is 14.5. The summed E-state index contributed by atoms with van der Waals surface area (Å²) in [4.78, 5) is 27.0. The topological polar surface area (TPSA) is 76.5 Å². The molecule has 1 aromatic heterocycles. The summed E-state index contributed by atoms with van der Waals surface area (Å²) in [6.45, 7) is 3.16. The van der Waals surface area contributed by atoms with E-state index in [-0.39, 0.29) is 17.5 Å². The summed E-state index contributed by atoms with van der Waals surface area (Å²) >= 11 is 0. The maximum atomic E-state index is 12.9. The van der Waals surface area contributed by atoms with E-state index >= 15 is 0 Å². The molecule has 1 saturated heterocycles. The molecule has 0 radical (unpaired) electrons. The van der Waals surface area contributed by atoms with Gasteiger partial charge in [0.1, 0.15) is 11.1 Å². The fourth-order valence-electron chi connectivity index (χ4n) is 4.18.